The monoisotopic (exact) mass is 209 g/mol. The molecule has 0 rings (SSSR count). The highest BCUT2D eigenvalue weighted by Crippen LogP contribution is 2.04. The van der Waals surface area contributed by atoms with E-state index in [4.69, 9.17) is 0 Å². The van der Waals surface area contributed by atoms with Gasteiger partial charge in [-0.3, -0.25) is 4.79 Å². The molecule has 0 bridgehead atoms. The molecule has 0 aromatic rings. The van der Waals surface area contributed by atoms with Gasteiger partial charge < -0.3 is 4.90 Å². The van der Waals surface area contributed by atoms with Crippen molar-refractivity contribution in [3.8, 4) is 0 Å². The zero-order chi connectivity index (χ0) is 11.7. The Morgan fingerprint density at radius 1 is 1.47 bits per heavy atom. The molecule has 0 aromatic carbocycles. The lowest BCUT2D eigenvalue weighted by atomic mass is 9.63. The van der Waals surface area contributed by atoms with E-state index < -0.39 is 0 Å². The summed E-state index contributed by atoms with van der Waals surface area (Å²) in [5.74, 6) is 0.834. The zero-order valence-electron chi connectivity index (χ0n) is 10.5. The highest BCUT2D eigenvalue weighted by Gasteiger charge is 2.08. The van der Waals surface area contributed by atoms with Gasteiger partial charge in [-0.2, -0.15) is 0 Å². The maximum Gasteiger partial charge on any atom is 0.245 e. The summed E-state index contributed by atoms with van der Waals surface area (Å²) in [4.78, 5) is 13.3. The number of rotatable bonds is 8. The largest absolute Gasteiger partial charge is 0.339 e. The highest BCUT2D eigenvalue weighted by atomic mass is 16.2. The Hall–Kier alpha value is -0.725. The first-order chi connectivity index (χ1) is 7.11. The van der Waals surface area contributed by atoms with Crippen LogP contribution in [-0.4, -0.2) is 31.2 Å². The summed E-state index contributed by atoms with van der Waals surface area (Å²) in [5.41, 5.74) is 0. The van der Waals surface area contributed by atoms with Gasteiger partial charge >= 0.3 is 0 Å². The van der Waals surface area contributed by atoms with Gasteiger partial charge in [0.1, 0.15) is 7.28 Å². The summed E-state index contributed by atoms with van der Waals surface area (Å²) in [6.07, 6.45) is 4.75. The van der Waals surface area contributed by atoms with E-state index in [0.29, 0.717) is 0 Å². The van der Waals surface area contributed by atoms with E-state index in [-0.39, 0.29) is 5.91 Å². The zero-order valence-corrected chi connectivity index (χ0v) is 10.5. The second kappa shape index (κ2) is 8.57. The molecule has 0 heterocycles. The Balaban J connectivity index is 3.75. The van der Waals surface area contributed by atoms with Crippen LogP contribution in [0.25, 0.3) is 0 Å². The molecule has 0 saturated heterocycles. The average Bonchev–Trinajstić information content (AvgIpc) is 2.21. The van der Waals surface area contributed by atoms with Gasteiger partial charge in [0.2, 0.25) is 5.91 Å². The first-order valence-corrected chi connectivity index (χ1v) is 6.03. The van der Waals surface area contributed by atoms with Crippen LogP contribution in [0, 0.1) is 0 Å². The van der Waals surface area contributed by atoms with Crippen molar-refractivity contribution in [3.05, 3.63) is 12.7 Å². The molecule has 0 unspecified atom stereocenters. The van der Waals surface area contributed by atoms with Crippen LogP contribution < -0.4 is 0 Å². The summed E-state index contributed by atoms with van der Waals surface area (Å²) >= 11 is 0. The van der Waals surface area contributed by atoms with Crippen molar-refractivity contribution >= 4 is 13.2 Å². The number of hydrogen-bond acceptors (Lipinski definition) is 1. The lowest BCUT2D eigenvalue weighted by Crippen LogP contribution is -2.31. The van der Waals surface area contributed by atoms with Crippen molar-refractivity contribution in [3.63, 3.8) is 0 Å². The lowest BCUT2D eigenvalue weighted by molar-refractivity contribution is -0.126. The van der Waals surface area contributed by atoms with E-state index >= 15 is 0 Å². The van der Waals surface area contributed by atoms with Crippen molar-refractivity contribution < 1.29 is 4.79 Å². The van der Waals surface area contributed by atoms with Crippen molar-refractivity contribution in [2.24, 2.45) is 0 Å². The highest BCUT2D eigenvalue weighted by molar-refractivity contribution is 6.37. The van der Waals surface area contributed by atoms with Crippen LogP contribution in [0.15, 0.2) is 12.7 Å². The Labute approximate surface area is 95.0 Å². The fraction of sp³-hybridized carbons (Fsp3) is 0.750. The fourth-order valence-corrected chi connectivity index (χ4v) is 1.59. The van der Waals surface area contributed by atoms with Crippen molar-refractivity contribution in [2.45, 2.75) is 45.8 Å². The van der Waals surface area contributed by atoms with Gasteiger partial charge in [0, 0.05) is 13.1 Å². The molecule has 0 N–H and O–H groups in total. The van der Waals surface area contributed by atoms with Gasteiger partial charge in [0.25, 0.3) is 0 Å². The van der Waals surface area contributed by atoms with Crippen LogP contribution in [0.3, 0.4) is 0 Å². The minimum atomic E-state index is 0.0707. The third-order valence-electron chi connectivity index (χ3n) is 2.44. The molecule has 86 valence electrons. The van der Waals surface area contributed by atoms with E-state index in [1.165, 1.54) is 19.7 Å². The van der Waals surface area contributed by atoms with E-state index in [2.05, 4.69) is 27.4 Å². The molecule has 15 heavy (non-hydrogen) atoms. The van der Waals surface area contributed by atoms with Gasteiger partial charge in [-0.1, -0.05) is 39.5 Å². The number of hydrogen-bond donors (Lipinski definition) is 0. The molecule has 0 aliphatic heterocycles. The van der Waals surface area contributed by atoms with E-state index in [1.807, 2.05) is 4.90 Å². The van der Waals surface area contributed by atoms with E-state index in [9.17, 15) is 4.79 Å². The summed E-state index contributed by atoms with van der Waals surface area (Å²) in [6.45, 7) is 11.8. The van der Waals surface area contributed by atoms with Crippen LogP contribution in [0.4, 0.5) is 0 Å². The molecule has 3 heteroatoms. The normalized spacial score (nSPS) is 10.1. The van der Waals surface area contributed by atoms with Gasteiger partial charge in [-0.15, -0.1) is 0 Å². The summed E-state index contributed by atoms with van der Waals surface area (Å²) in [6, 6.07) is 0. The summed E-state index contributed by atoms with van der Waals surface area (Å²) in [7, 11) is 1.25. The molecule has 2 nitrogen and oxygen atoms in total. The third kappa shape index (κ3) is 7.23. The second-order valence-electron chi connectivity index (χ2n) is 4.42. The Morgan fingerprint density at radius 3 is 2.60 bits per heavy atom. The van der Waals surface area contributed by atoms with Gasteiger partial charge in [0.05, 0.1) is 0 Å². The topological polar surface area (TPSA) is 20.3 Å². The quantitative estimate of drug-likeness (QED) is 0.341. The van der Waals surface area contributed by atoms with E-state index in [1.54, 1.807) is 0 Å². The maximum atomic E-state index is 11.4. The number of carbonyl (C=O) groups is 1. The predicted octanol–water partition coefficient (Wildman–Crippen LogP) is 2.48. The standard InChI is InChI=1S/C12H24BNO/c1-5-9-14(12(15)6-2)10-7-8-13-11(3)4/h6,11,13H,2,5,7-10H2,1,3-4H3. The molecule has 0 aromatic heterocycles. The minimum Gasteiger partial charge on any atom is -0.339 e. The first kappa shape index (κ1) is 14.3. The molecular weight excluding hydrogens is 185 g/mol. The number of amides is 1. The molecule has 0 aliphatic carbocycles. The molecular formula is C12H24BNO. The predicted molar refractivity (Wildman–Crippen MR) is 68.7 cm³/mol. The van der Waals surface area contributed by atoms with Crippen molar-refractivity contribution in [1.82, 2.24) is 4.90 Å². The summed E-state index contributed by atoms with van der Waals surface area (Å²) in [5, 5.41) is 0. The Kier molecular flexibility index (Phi) is 8.16. The molecule has 1 amide bonds. The second-order valence-corrected chi connectivity index (χ2v) is 4.42. The van der Waals surface area contributed by atoms with Crippen LogP contribution >= 0.6 is 0 Å². The maximum absolute atomic E-state index is 11.4. The third-order valence-corrected chi connectivity index (χ3v) is 2.44. The number of carbonyl (C=O) groups excluding carboxylic acids is 1. The Bertz CT molecular complexity index is 192. The van der Waals surface area contributed by atoms with Gasteiger partial charge in [0.15, 0.2) is 0 Å². The van der Waals surface area contributed by atoms with Crippen LogP contribution in [0.2, 0.25) is 12.1 Å². The molecule has 0 fully saturated rings. The molecule has 0 aliphatic rings. The minimum absolute atomic E-state index is 0.0707. The van der Waals surface area contributed by atoms with E-state index in [0.717, 1.165) is 31.7 Å². The van der Waals surface area contributed by atoms with Gasteiger partial charge in [-0.25, -0.2) is 0 Å². The smallest absolute Gasteiger partial charge is 0.245 e. The summed E-state index contributed by atoms with van der Waals surface area (Å²) < 4.78 is 0. The Morgan fingerprint density at radius 2 is 2.13 bits per heavy atom. The lowest BCUT2D eigenvalue weighted by Gasteiger charge is -2.20. The average molecular weight is 209 g/mol. The van der Waals surface area contributed by atoms with Crippen LogP contribution in [0.1, 0.15) is 33.6 Å². The molecule has 0 radical (unpaired) electrons. The van der Waals surface area contributed by atoms with Crippen molar-refractivity contribution in [1.29, 1.82) is 0 Å². The molecule has 0 atom stereocenters. The molecule has 0 spiro atoms. The fourth-order valence-electron chi connectivity index (χ4n) is 1.59. The first-order valence-electron chi connectivity index (χ1n) is 6.03. The van der Waals surface area contributed by atoms with Crippen molar-refractivity contribution in [2.75, 3.05) is 13.1 Å². The molecule has 0 saturated carbocycles. The van der Waals surface area contributed by atoms with Gasteiger partial charge in [-0.05, 0) is 18.9 Å². The van der Waals surface area contributed by atoms with Crippen LogP contribution in [0.5, 0.6) is 0 Å². The number of nitrogens with zero attached hydrogens (tertiary/aromatic N) is 1. The SMILES string of the molecule is C=CC(=O)N(CCC)CCCBC(C)C. The van der Waals surface area contributed by atoms with Crippen LogP contribution in [-0.2, 0) is 4.79 Å².